The zero-order valence-electron chi connectivity index (χ0n) is 18.1. The number of benzene rings is 2. The molecular formula is C24H30BrN3O3. The lowest BCUT2D eigenvalue weighted by atomic mass is 10.1. The molecule has 2 aromatic rings. The number of nitrogens with zero attached hydrogens (tertiary/aromatic N) is 1. The van der Waals surface area contributed by atoms with Crippen molar-refractivity contribution >= 4 is 27.7 Å². The number of amides is 2. The van der Waals surface area contributed by atoms with Crippen molar-refractivity contribution in [1.82, 2.24) is 15.5 Å². The summed E-state index contributed by atoms with van der Waals surface area (Å²) in [6.07, 6.45) is 0.689. The van der Waals surface area contributed by atoms with E-state index in [2.05, 4.69) is 57.4 Å². The van der Waals surface area contributed by atoms with E-state index in [-0.39, 0.29) is 30.4 Å². The van der Waals surface area contributed by atoms with Gasteiger partial charge in [-0.3, -0.25) is 14.5 Å². The number of nitrogens with one attached hydrogen (secondary N) is 2. The van der Waals surface area contributed by atoms with E-state index < -0.39 is 0 Å². The molecular weight excluding hydrogens is 458 g/mol. The molecule has 2 unspecified atom stereocenters. The van der Waals surface area contributed by atoms with Crippen molar-refractivity contribution in [2.45, 2.75) is 45.6 Å². The minimum absolute atomic E-state index is 0.0838. The van der Waals surface area contributed by atoms with Gasteiger partial charge in [0.1, 0.15) is 0 Å². The standard InChI is InChI=1S/C24H30BrN3O3/c1-17-14-28(15-18(2)31-17)16-21-6-4-3-5-20(21)13-27-23(29)11-12-26-24(30)19-7-9-22(25)10-8-19/h3-10,17-18H,11-16H2,1-2H3,(H,26,30)(H,27,29). The SMILES string of the molecule is CC1CN(Cc2ccccc2CNC(=O)CCNC(=O)c2ccc(Br)cc2)CC(C)O1. The maximum Gasteiger partial charge on any atom is 0.251 e. The number of carbonyl (C=O) groups excluding carboxylic acids is 2. The monoisotopic (exact) mass is 487 g/mol. The predicted molar refractivity (Wildman–Crippen MR) is 125 cm³/mol. The molecule has 2 N–H and O–H groups in total. The van der Waals surface area contributed by atoms with E-state index in [0.29, 0.717) is 18.7 Å². The van der Waals surface area contributed by atoms with E-state index in [0.717, 1.165) is 29.7 Å². The van der Waals surface area contributed by atoms with Crippen LogP contribution in [-0.2, 0) is 22.6 Å². The van der Waals surface area contributed by atoms with Gasteiger partial charge in [0, 0.05) is 49.2 Å². The minimum atomic E-state index is -0.181. The van der Waals surface area contributed by atoms with Gasteiger partial charge in [-0.15, -0.1) is 0 Å². The number of hydrogen-bond acceptors (Lipinski definition) is 4. The molecule has 0 radical (unpaired) electrons. The van der Waals surface area contributed by atoms with Crippen LogP contribution in [0, 0.1) is 0 Å². The molecule has 6 nitrogen and oxygen atoms in total. The fourth-order valence-corrected chi connectivity index (χ4v) is 4.08. The average molecular weight is 488 g/mol. The first-order chi connectivity index (χ1) is 14.9. The van der Waals surface area contributed by atoms with E-state index in [9.17, 15) is 9.59 Å². The van der Waals surface area contributed by atoms with Gasteiger partial charge in [0.25, 0.3) is 5.91 Å². The highest BCUT2D eigenvalue weighted by Gasteiger charge is 2.22. The Hall–Kier alpha value is -2.22. The molecule has 166 valence electrons. The van der Waals surface area contributed by atoms with Crippen LogP contribution in [0.15, 0.2) is 53.0 Å². The van der Waals surface area contributed by atoms with E-state index in [1.54, 1.807) is 12.1 Å². The maximum atomic E-state index is 12.3. The normalized spacial score (nSPS) is 19.1. The van der Waals surface area contributed by atoms with Gasteiger partial charge in [-0.1, -0.05) is 40.2 Å². The molecule has 31 heavy (non-hydrogen) atoms. The quantitative estimate of drug-likeness (QED) is 0.597. The van der Waals surface area contributed by atoms with Gasteiger partial charge in [-0.2, -0.15) is 0 Å². The fraction of sp³-hybridized carbons (Fsp3) is 0.417. The van der Waals surface area contributed by atoms with E-state index in [1.807, 2.05) is 24.3 Å². The van der Waals surface area contributed by atoms with Crippen LogP contribution >= 0.6 is 15.9 Å². The molecule has 1 saturated heterocycles. The summed E-state index contributed by atoms with van der Waals surface area (Å²) in [4.78, 5) is 26.8. The third-order valence-electron chi connectivity index (χ3n) is 5.23. The molecule has 0 bridgehead atoms. The summed E-state index contributed by atoms with van der Waals surface area (Å²) in [5.41, 5.74) is 2.90. The summed E-state index contributed by atoms with van der Waals surface area (Å²) in [7, 11) is 0. The number of carbonyl (C=O) groups is 2. The van der Waals surface area contributed by atoms with E-state index in [4.69, 9.17) is 4.74 Å². The van der Waals surface area contributed by atoms with Crippen LogP contribution in [-0.4, -0.2) is 48.6 Å². The van der Waals surface area contributed by atoms with Crippen LogP contribution < -0.4 is 10.6 Å². The molecule has 1 aliphatic heterocycles. The Bertz CT molecular complexity index is 878. The molecule has 0 aliphatic carbocycles. The molecule has 1 heterocycles. The highest BCUT2D eigenvalue weighted by atomic mass is 79.9. The van der Waals surface area contributed by atoms with Crippen LogP contribution in [0.5, 0.6) is 0 Å². The molecule has 7 heteroatoms. The summed E-state index contributed by atoms with van der Waals surface area (Å²) < 4.78 is 6.74. The van der Waals surface area contributed by atoms with Gasteiger partial charge < -0.3 is 15.4 Å². The van der Waals surface area contributed by atoms with Crippen LogP contribution in [0.1, 0.15) is 41.8 Å². The van der Waals surface area contributed by atoms with Gasteiger partial charge in [-0.25, -0.2) is 0 Å². The Labute approximate surface area is 192 Å². The topological polar surface area (TPSA) is 70.7 Å². The Morgan fingerprint density at radius 1 is 1.00 bits per heavy atom. The summed E-state index contributed by atoms with van der Waals surface area (Å²) in [6.45, 7) is 7.63. The molecule has 2 amide bonds. The lowest BCUT2D eigenvalue weighted by Crippen LogP contribution is -2.45. The second-order valence-corrected chi connectivity index (χ2v) is 8.93. The Kier molecular flexibility index (Phi) is 8.63. The largest absolute Gasteiger partial charge is 0.373 e. The maximum absolute atomic E-state index is 12.3. The Morgan fingerprint density at radius 2 is 1.65 bits per heavy atom. The molecule has 1 fully saturated rings. The van der Waals surface area contributed by atoms with Crippen molar-refractivity contribution in [2.24, 2.45) is 0 Å². The lowest BCUT2D eigenvalue weighted by Gasteiger charge is -2.35. The third kappa shape index (κ3) is 7.45. The van der Waals surface area contributed by atoms with Gasteiger partial charge in [0.05, 0.1) is 12.2 Å². The van der Waals surface area contributed by atoms with Crippen LogP contribution in [0.2, 0.25) is 0 Å². The van der Waals surface area contributed by atoms with Crippen molar-refractivity contribution in [3.05, 3.63) is 69.7 Å². The molecule has 1 aliphatic rings. The number of ether oxygens (including phenoxy) is 1. The molecule has 3 rings (SSSR count). The van der Waals surface area contributed by atoms with Gasteiger partial charge in [0.15, 0.2) is 0 Å². The lowest BCUT2D eigenvalue weighted by molar-refractivity contribution is -0.121. The van der Waals surface area contributed by atoms with Crippen molar-refractivity contribution in [1.29, 1.82) is 0 Å². The highest BCUT2D eigenvalue weighted by molar-refractivity contribution is 9.10. The number of rotatable bonds is 8. The second kappa shape index (κ2) is 11.4. The zero-order valence-corrected chi connectivity index (χ0v) is 19.7. The fourth-order valence-electron chi connectivity index (χ4n) is 3.81. The molecule has 0 saturated carbocycles. The summed E-state index contributed by atoms with van der Waals surface area (Å²) >= 11 is 3.35. The first-order valence-electron chi connectivity index (χ1n) is 10.7. The van der Waals surface area contributed by atoms with Crippen LogP contribution in [0.25, 0.3) is 0 Å². The third-order valence-corrected chi connectivity index (χ3v) is 5.76. The summed E-state index contributed by atoms with van der Waals surface area (Å²) in [5, 5.41) is 5.76. The van der Waals surface area contributed by atoms with Gasteiger partial charge in [-0.05, 0) is 49.2 Å². The highest BCUT2D eigenvalue weighted by Crippen LogP contribution is 2.17. The second-order valence-electron chi connectivity index (χ2n) is 8.01. The first-order valence-corrected chi connectivity index (χ1v) is 11.4. The van der Waals surface area contributed by atoms with Gasteiger partial charge in [0.2, 0.25) is 5.91 Å². The zero-order chi connectivity index (χ0) is 22.2. The van der Waals surface area contributed by atoms with Crippen LogP contribution in [0.4, 0.5) is 0 Å². The van der Waals surface area contributed by atoms with E-state index >= 15 is 0 Å². The summed E-state index contributed by atoms with van der Waals surface area (Å²) in [6, 6.07) is 15.3. The minimum Gasteiger partial charge on any atom is -0.373 e. The molecule has 0 spiro atoms. The smallest absolute Gasteiger partial charge is 0.251 e. The van der Waals surface area contributed by atoms with E-state index in [1.165, 1.54) is 5.56 Å². The molecule has 2 atom stereocenters. The van der Waals surface area contributed by atoms with Crippen molar-refractivity contribution in [2.75, 3.05) is 19.6 Å². The predicted octanol–water partition coefficient (Wildman–Crippen LogP) is 3.49. The number of morpholine rings is 1. The average Bonchev–Trinajstić information content (AvgIpc) is 2.73. The van der Waals surface area contributed by atoms with Crippen LogP contribution in [0.3, 0.4) is 0 Å². The van der Waals surface area contributed by atoms with Crippen molar-refractivity contribution in [3.8, 4) is 0 Å². The van der Waals surface area contributed by atoms with Gasteiger partial charge >= 0.3 is 0 Å². The number of hydrogen-bond donors (Lipinski definition) is 2. The molecule has 0 aromatic heterocycles. The summed E-state index contributed by atoms with van der Waals surface area (Å²) in [5.74, 6) is -0.265. The van der Waals surface area contributed by atoms with Crippen molar-refractivity contribution < 1.29 is 14.3 Å². The molecule has 2 aromatic carbocycles. The number of halogens is 1. The van der Waals surface area contributed by atoms with Crippen molar-refractivity contribution in [3.63, 3.8) is 0 Å². The first kappa shape index (κ1) is 23.4. The Balaban J connectivity index is 1.44. The Morgan fingerprint density at radius 3 is 2.32 bits per heavy atom.